The minimum absolute atomic E-state index is 0.336. The van der Waals surface area contributed by atoms with Crippen molar-refractivity contribution in [2.24, 2.45) is 0 Å². The van der Waals surface area contributed by atoms with Crippen LogP contribution >= 0.6 is 38.5 Å². The molecule has 0 radical (unpaired) electrons. The van der Waals surface area contributed by atoms with E-state index in [1.165, 1.54) is 0 Å². The molecule has 1 rings (SSSR count). The fourth-order valence-corrected chi connectivity index (χ4v) is 2.41. The minimum Gasteiger partial charge on any atom is -0.421 e. The SMILES string of the molecule is C/C=C(/C)c1oc(=O)c(Br)cc1I. The topological polar surface area (TPSA) is 30.2 Å². The Morgan fingerprint density at radius 2 is 2.31 bits per heavy atom. The summed E-state index contributed by atoms with van der Waals surface area (Å²) in [5, 5.41) is 0. The zero-order valence-corrected chi connectivity index (χ0v) is 11.0. The number of hydrogen-bond donors (Lipinski definition) is 0. The first-order valence-corrected chi connectivity index (χ1v) is 5.56. The van der Waals surface area contributed by atoms with E-state index in [-0.39, 0.29) is 5.63 Å². The lowest BCUT2D eigenvalue weighted by Gasteiger charge is -2.02. The summed E-state index contributed by atoms with van der Waals surface area (Å²) in [7, 11) is 0. The van der Waals surface area contributed by atoms with Crippen molar-refractivity contribution in [3.05, 3.63) is 36.4 Å². The lowest BCUT2D eigenvalue weighted by Crippen LogP contribution is -2.03. The van der Waals surface area contributed by atoms with Gasteiger partial charge in [-0.1, -0.05) is 6.08 Å². The van der Waals surface area contributed by atoms with Crippen LogP contribution in [-0.2, 0) is 0 Å². The summed E-state index contributed by atoms with van der Waals surface area (Å²) < 4.78 is 6.51. The van der Waals surface area contributed by atoms with Gasteiger partial charge in [0.1, 0.15) is 10.2 Å². The molecule has 1 heterocycles. The third-order valence-corrected chi connectivity index (χ3v) is 3.01. The Hall–Kier alpha value is -0.100. The van der Waals surface area contributed by atoms with Crippen LogP contribution in [-0.4, -0.2) is 0 Å². The molecule has 0 N–H and O–H groups in total. The highest BCUT2D eigenvalue weighted by atomic mass is 127. The van der Waals surface area contributed by atoms with E-state index in [0.717, 1.165) is 9.14 Å². The van der Waals surface area contributed by atoms with Gasteiger partial charge in [0, 0.05) is 0 Å². The molecule has 4 heteroatoms. The molecule has 0 atom stereocenters. The van der Waals surface area contributed by atoms with Gasteiger partial charge in [0.25, 0.3) is 0 Å². The molecule has 0 aliphatic rings. The van der Waals surface area contributed by atoms with Gasteiger partial charge in [0.2, 0.25) is 0 Å². The number of hydrogen-bond acceptors (Lipinski definition) is 2. The molecule has 1 aromatic heterocycles. The van der Waals surface area contributed by atoms with Crippen LogP contribution in [0.2, 0.25) is 0 Å². The Bertz CT molecular complexity index is 407. The van der Waals surface area contributed by atoms with E-state index < -0.39 is 0 Å². The molecule has 0 amide bonds. The fourth-order valence-electron chi connectivity index (χ4n) is 0.826. The Morgan fingerprint density at radius 1 is 1.69 bits per heavy atom. The molecule has 70 valence electrons. The second-order valence-corrected chi connectivity index (χ2v) is 4.55. The van der Waals surface area contributed by atoms with Crippen LogP contribution in [0.1, 0.15) is 19.6 Å². The van der Waals surface area contributed by atoms with Crippen molar-refractivity contribution < 1.29 is 4.42 Å². The maximum Gasteiger partial charge on any atom is 0.350 e. The van der Waals surface area contributed by atoms with Gasteiger partial charge >= 0.3 is 5.63 Å². The van der Waals surface area contributed by atoms with Crippen LogP contribution in [0.15, 0.2) is 25.8 Å². The zero-order valence-electron chi connectivity index (χ0n) is 7.23. The maximum atomic E-state index is 11.2. The van der Waals surface area contributed by atoms with E-state index in [1.807, 2.05) is 19.9 Å². The van der Waals surface area contributed by atoms with E-state index >= 15 is 0 Å². The standard InChI is InChI=1S/C9H8BrIO2/c1-3-5(2)8-7(11)4-6(10)9(12)13-8/h3-4H,1-2H3/b5-3-. The lowest BCUT2D eigenvalue weighted by atomic mass is 10.2. The third-order valence-electron chi connectivity index (χ3n) is 1.65. The van der Waals surface area contributed by atoms with Crippen LogP contribution in [0.5, 0.6) is 0 Å². The summed E-state index contributed by atoms with van der Waals surface area (Å²) in [4.78, 5) is 11.2. The predicted octanol–water partition coefficient (Wildman–Crippen LogP) is 3.43. The molecule has 0 aromatic carbocycles. The van der Waals surface area contributed by atoms with Crippen molar-refractivity contribution in [1.29, 1.82) is 0 Å². The highest BCUT2D eigenvalue weighted by molar-refractivity contribution is 14.1. The molecule has 0 aliphatic carbocycles. The van der Waals surface area contributed by atoms with E-state index in [9.17, 15) is 4.79 Å². The molecule has 0 unspecified atom stereocenters. The van der Waals surface area contributed by atoms with Gasteiger partial charge in [-0.2, -0.15) is 0 Å². The van der Waals surface area contributed by atoms with Gasteiger partial charge in [0.05, 0.1) is 3.57 Å². The highest BCUT2D eigenvalue weighted by Crippen LogP contribution is 2.21. The molecule has 0 saturated heterocycles. The van der Waals surface area contributed by atoms with Crippen LogP contribution < -0.4 is 5.63 Å². The fraction of sp³-hybridized carbons (Fsp3) is 0.222. The first-order chi connectivity index (χ1) is 6.06. The van der Waals surface area contributed by atoms with Crippen molar-refractivity contribution in [2.75, 3.05) is 0 Å². The Morgan fingerprint density at radius 3 is 2.85 bits per heavy atom. The van der Waals surface area contributed by atoms with Gasteiger partial charge in [-0.3, -0.25) is 0 Å². The minimum atomic E-state index is -0.336. The molecular weight excluding hydrogens is 347 g/mol. The van der Waals surface area contributed by atoms with Gasteiger partial charge in [-0.25, -0.2) is 4.79 Å². The van der Waals surface area contributed by atoms with Crippen LogP contribution in [0.25, 0.3) is 5.57 Å². The third kappa shape index (κ3) is 2.43. The summed E-state index contributed by atoms with van der Waals surface area (Å²) in [6.45, 7) is 3.82. The normalized spacial score (nSPS) is 11.8. The number of allylic oxidation sites excluding steroid dienone is 2. The van der Waals surface area contributed by atoms with Crippen molar-refractivity contribution in [3.63, 3.8) is 0 Å². The largest absolute Gasteiger partial charge is 0.421 e. The van der Waals surface area contributed by atoms with Crippen molar-refractivity contribution in [3.8, 4) is 0 Å². The molecule has 0 bridgehead atoms. The average molecular weight is 355 g/mol. The molecular formula is C9H8BrIO2. The Kier molecular flexibility index (Phi) is 3.73. The summed E-state index contributed by atoms with van der Waals surface area (Å²) in [6.07, 6.45) is 1.91. The van der Waals surface area contributed by atoms with Gasteiger partial charge in [-0.05, 0) is 64.0 Å². The predicted molar refractivity (Wildman–Crippen MR) is 64.7 cm³/mol. The Balaban J connectivity index is 3.40. The first kappa shape index (κ1) is 11.0. The molecule has 0 saturated carbocycles. The highest BCUT2D eigenvalue weighted by Gasteiger charge is 2.07. The quantitative estimate of drug-likeness (QED) is 0.723. The number of rotatable bonds is 1. The van der Waals surface area contributed by atoms with E-state index in [1.54, 1.807) is 6.07 Å². The second-order valence-electron chi connectivity index (χ2n) is 2.53. The van der Waals surface area contributed by atoms with Crippen molar-refractivity contribution >= 4 is 44.1 Å². The molecule has 2 nitrogen and oxygen atoms in total. The molecule has 0 spiro atoms. The number of halogens is 2. The van der Waals surface area contributed by atoms with Crippen molar-refractivity contribution in [1.82, 2.24) is 0 Å². The van der Waals surface area contributed by atoms with E-state index in [0.29, 0.717) is 10.2 Å². The van der Waals surface area contributed by atoms with Crippen molar-refractivity contribution in [2.45, 2.75) is 13.8 Å². The maximum absolute atomic E-state index is 11.2. The summed E-state index contributed by atoms with van der Waals surface area (Å²) >= 11 is 5.26. The Labute approximate surface area is 98.3 Å². The van der Waals surface area contributed by atoms with Gasteiger partial charge < -0.3 is 4.42 Å². The van der Waals surface area contributed by atoms with Crippen LogP contribution in [0.4, 0.5) is 0 Å². The molecule has 1 aromatic rings. The molecule has 0 fully saturated rings. The first-order valence-electron chi connectivity index (χ1n) is 3.68. The second kappa shape index (κ2) is 4.41. The van der Waals surface area contributed by atoms with Gasteiger partial charge in [0.15, 0.2) is 0 Å². The monoisotopic (exact) mass is 354 g/mol. The molecule has 0 aliphatic heterocycles. The summed E-state index contributed by atoms with van der Waals surface area (Å²) in [5.41, 5.74) is 0.630. The van der Waals surface area contributed by atoms with E-state index in [4.69, 9.17) is 4.42 Å². The summed E-state index contributed by atoms with van der Waals surface area (Å²) in [5.74, 6) is 0.649. The molecule has 13 heavy (non-hydrogen) atoms. The van der Waals surface area contributed by atoms with Crippen LogP contribution in [0.3, 0.4) is 0 Å². The van der Waals surface area contributed by atoms with E-state index in [2.05, 4.69) is 38.5 Å². The smallest absolute Gasteiger partial charge is 0.350 e. The van der Waals surface area contributed by atoms with Gasteiger partial charge in [-0.15, -0.1) is 0 Å². The average Bonchev–Trinajstić information content (AvgIpc) is 2.10. The lowest BCUT2D eigenvalue weighted by molar-refractivity contribution is 0.489. The van der Waals surface area contributed by atoms with Crippen LogP contribution in [0, 0.1) is 3.57 Å². The summed E-state index contributed by atoms with van der Waals surface area (Å²) in [6, 6.07) is 1.76. The zero-order chi connectivity index (χ0) is 10.0.